The highest BCUT2D eigenvalue weighted by Gasteiger charge is 1.94. The zero-order chi connectivity index (χ0) is 11.5. The van der Waals surface area contributed by atoms with Gasteiger partial charge in [-0.1, -0.05) is 45.4 Å². The fourth-order valence-corrected chi connectivity index (χ4v) is 1.83. The third-order valence-electron chi connectivity index (χ3n) is 2.84. The molecule has 2 heteroatoms. The molecule has 0 bridgehead atoms. The molecule has 92 valence electrons. The normalized spacial score (nSPS) is 10.8. The van der Waals surface area contributed by atoms with Crippen LogP contribution in [-0.2, 0) is 6.54 Å². The summed E-state index contributed by atoms with van der Waals surface area (Å²) in [6, 6.07) is 3.95. The van der Waals surface area contributed by atoms with Gasteiger partial charge in [0.05, 0.1) is 12.8 Å². The van der Waals surface area contributed by atoms with Gasteiger partial charge in [-0.05, 0) is 25.1 Å². The van der Waals surface area contributed by atoms with Gasteiger partial charge in [0, 0.05) is 0 Å². The first-order valence-corrected chi connectivity index (χ1v) is 6.66. The lowest BCUT2D eigenvalue weighted by atomic mass is 10.1. The van der Waals surface area contributed by atoms with E-state index in [1.165, 1.54) is 44.9 Å². The molecule has 0 fully saturated rings. The molecule has 0 unspecified atom stereocenters. The Morgan fingerprint density at radius 2 is 1.81 bits per heavy atom. The Morgan fingerprint density at radius 3 is 2.50 bits per heavy atom. The van der Waals surface area contributed by atoms with Crippen LogP contribution in [0.5, 0.6) is 0 Å². The van der Waals surface area contributed by atoms with Crippen molar-refractivity contribution in [2.24, 2.45) is 0 Å². The molecule has 0 amide bonds. The van der Waals surface area contributed by atoms with Gasteiger partial charge in [-0.3, -0.25) is 0 Å². The summed E-state index contributed by atoms with van der Waals surface area (Å²) in [6.07, 6.45) is 11.3. The number of unbranched alkanes of at least 4 members (excludes halogenated alkanes) is 6. The molecule has 1 aromatic rings. The van der Waals surface area contributed by atoms with Crippen LogP contribution in [0.2, 0.25) is 0 Å². The van der Waals surface area contributed by atoms with Crippen molar-refractivity contribution in [1.29, 1.82) is 0 Å². The van der Waals surface area contributed by atoms with E-state index in [4.69, 9.17) is 4.42 Å². The van der Waals surface area contributed by atoms with Gasteiger partial charge < -0.3 is 9.73 Å². The lowest BCUT2D eigenvalue weighted by Gasteiger charge is -2.03. The summed E-state index contributed by atoms with van der Waals surface area (Å²) in [6.45, 7) is 4.23. The maximum atomic E-state index is 5.24. The number of rotatable bonds is 10. The second-order valence-electron chi connectivity index (χ2n) is 4.38. The first kappa shape index (κ1) is 13.3. The van der Waals surface area contributed by atoms with E-state index in [-0.39, 0.29) is 0 Å². The number of nitrogens with one attached hydrogen (secondary N) is 1. The fourth-order valence-electron chi connectivity index (χ4n) is 1.83. The molecular weight excluding hydrogens is 198 g/mol. The Labute approximate surface area is 99.4 Å². The summed E-state index contributed by atoms with van der Waals surface area (Å²) < 4.78 is 5.24. The molecule has 1 rings (SSSR count). The first-order chi connectivity index (χ1) is 7.93. The molecule has 0 atom stereocenters. The van der Waals surface area contributed by atoms with Crippen molar-refractivity contribution in [3.63, 3.8) is 0 Å². The summed E-state index contributed by atoms with van der Waals surface area (Å²) >= 11 is 0. The van der Waals surface area contributed by atoms with E-state index < -0.39 is 0 Å². The summed E-state index contributed by atoms with van der Waals surface area (Å²) in [5, 5.41) is 3.40. The van der Waals surface area contributed by atoms with Crippen LogP contribution in [0.15, 0.2) is 22.8 Å². The molecule has 16 heavy (non-hydrogen) atoms. The number of furan rings is 1. The summed E-state index contributed by atoms with van der Waals surface area (Å²) in [5.74, 6) is 1.03. The van der Waals surface area contributed by atoms with E-state index in [2.05, 4.69) is 12.2 Å². The molecule has 0 aliphatic carbocycles. The smallest absolute Gasteiger partial charge is 0.117 e. The van der Waals surface area contributed by atoms with Crippen molar-refractivity contribution in [3.8, 4) is 0 Å². The zero-order valence-electron chi connectivity index (χ0n) is 10.5. The summed E-state index contributed by atoms with van der Waals surface area (Å²) in [5.41, 5.74) is 0. The highest BCUT2D eigenvalue weighted by molar-refractivity contribution is 4.97. The predicted octanol–water partition coefficient (Wildman–Crippen LogP) is 4.12. The standard InChI is InChI=1S/C14H25NO/c1-2-3-4-5-6-7-8-11-15-13-14-10-9-12-16-14/h9-10,12,15H,2-8,11,13H2,1H3. The van der Waals surface area contributed by atoms with Crippen molar-refractivity contribution in [2.75, 3.05) is 6.54 Å². The largest absolute Gasteiger partial charge is 0.468 e. The maximum Gasteiger partial charge on any atom is 0.117 e. The summed E-state index contributed by atoms with van der Waals surface area (Å²) in [4.78, 5) is 0. The van der Waals surface area contributed by atoms with E-state index in [0.29, 0.717) is 0 Å². The minimum absolute atomic E-state index is 0.864. The Hall–Kier alpha value is -0.760. The van der Waals surface area contributed by atoms with Crippen molar-refractivity contribution in [3.05, 3.63) is 24.2 Å². The lowest BCUT2D eigenvalue weighted by molar-refractivity contribution is 0.476. The third-order valence-corrected chi connectivity index (χ3v) is 2.84. The summed E-state index contributed by atoms with van der Waals surface area (Å²) in [7, 11) is 0. The Balaban J connectivity index is 1.78. The minimum Gasteiger partial charge on any atom is -0.468 e. The highest BCUT2D eigenvalue weighted by Crippen LogP contribution is 2.06. The molecule has 0 aliphatic rings. The van der Waals surface area contributed by atoms with Crippen molar-refractivity contribution < 1.29 is 4.42 Å². The molecule has 0 aliphatic heterocycles. The minimum atomic E-state index is 0.864. The van der Waals surface area contributed by atoms with Crippen molar-refractivity contribution in [2.45, 2.75) is 58.4 Å². The van der Waals surface area contributed by atoms with E-state index >= 15 is 0 Å². The van der Waals surface area contributed by atoms with Crippen LogP contribution in [0, 0.1) is 0 Å². The molecular formula is C14H25NO. The van der Waals surface area contributed by atoms with Crippen LogP contribution in [0.25, 0.3) is 0 Å². The van der Waals surface area contributed by atoms with Crippen molar-refractivity contribution >= 4 is 0 Å². The van der Waals surface area contributed by atoms with Gasteiger partial charge in [0.25, 0.3) is 0 Å². The second kappa shape index (κ2) is 9.46. The molecule has 0 aromatic carbocycles. The highest BCUT2D eigenvalue weighted by atomic mass is 16.3. The van der Waals surface area contributed by atoms with E-state index in [9.17, 15) is 0 Å². The van der Waals surface area contributed by atoms with Gasteiger partial charge in [-0.15, -0.1) is 0 Å². The van der Waals surface area contributed by atoms with E-state index in [0.717, 1.165) is 18.8 Å². The Kier molecular flexibility index (Phi) is 7.87. The Bertz CT molecular complexity index is 231. The van der Waals surface area contributed by atoms with Crippen LogP contribution in [-0.4, -0.2) is 6.54 Å². The predicted molar refractivity (Wildman–Crippen MR) is 68.4 cm³/mol. The van der Waals surface area contributed by atoms with E-state index in [1.54, 1.807) is 6.26 Å². The third kappa shape index (κ3) is 6.67. The molecule has 1 aromatic heterocycles. The molecule has 0 radical (unpaired) electrons. The lowest BCUT2D eigenvalue weighted by Crippen LogP contribution is -2.14. The average molecular weight is 223 g/mol. The van der Waals surface area contributed by atoms with E-state index in [1.807, 2.05) is 12.1 Å². The van der Waals surface area contributed by atoms with Crippen LogP contribution >= 0.6 is 0 Å². The SMILES string of the molecule is CCCCCCCCCNCc1ccco1. The van der Waals surface area contributed by atoms with Crippen molar-refractivity contribution in [1.82, 2.24) is 5.32 Å². The molecule has 1 N–H and O–H groups in total. The monoisotopic (exact) mass is 223 g/mol. The van der Waals surface area contributed by atoms with Gasteiger partial charge in [0.1, 0.15) is 5.76 Å². The van der Waals surface area contributed by atoms with Gasteiger partial charge in [0.15, 0.2) is 0 Å². The van der Waals surface area contributed by atoms with Crippen LogP contribution in [0.4, 0.5) is 0 Å². The topological polar surface area (TPSA) is 25.2 Å². The molecule has 0 spiro atoms. The molecule has 2 nitrogen and oxygen atoms in total. The van der Waals surface area contributed by atoms with Gasteiger partial charge in [0.2, 0.25) is 0 Å². The van der Waals surface area contributed by atoms with Crippen LogP contribution in [0.3, 0.4) is 0 Å². The molecule has 0 saturated heterocycles. The quantitative estimate of drug-likeness (QED) is 0.604. The molecule has 0 saturated carbocycles. The number of hydrogen-bond donors (Lipinski definition) is 1. The zero-order valence-corrected chi connectivity index (χ0v) is 10.5. The van der Waals surface area contributed by atoms with Gasteiger partial charge in [-0.25, -0.2) is 0 Å². The van der Waals surface area contributed by atoms with Gasteiger partial charge >= 0.3 is 0 Å². The average Bonchev–Trinajstić information content (AvgIpc) is 2.80. The second-order valence-corrected chi connectivity index (χ2v) is 4.38. The molecule has 1 heterocycles. The Morgan fingerprint density at radius 1 is 1.06 bits per heavy atom. The number of hydrogen-bond acceptors (Lipinski definition) is 2. The van der Waals surface area contributed by atoms with Crippen LogP contribution in [0.1, 0.15) is 57.6 Å². The van der Waals surface area contributed by atoms with Crippen LogP contribution < -0.4 is 5.32 Å². The van der Waals surface area contributed by atoms with Gasteiger partial charge in [-0.2, -0.15) is 0 Å². The first-order valence-electron chi connectivity index (χ1n) is 6.66. The fraction of sp³-hybridized carbons (Fsp3) is 0.714. The maximum absolute atomic E-state index is 5.24.